The molecule has 1 atom stereocenters. The SMILES string of the molecule is CN(C)CC1CCN(C(=O)N2CCC(C(=O)O)C2)CC1. The molecule has 6 heteroatoms. The van der Waals surface area contributed by atoms with Gasteiger partial charge in [-0.05, 0) is 39.3 Å². The van der Waals surface area contributed by atoms with Gasteiger partial charge >= 0.3 is 12.0 Å². The highest BCUT2D eigenvalue weighted by Crippen LogP contribution is 2.22. The Balaban J connectivity index is 1.79. The summed E-state index contributed by atoms with van der Waals surface area (Å²) in [5.74, 6) is -0.505. The standard InChI is InChI=1S/C14H25N3O3/c1-15(2)9-11-3-6-16(7-4-11)14(20)17-8-5-12(10-17)13(18)19/h11-12H,3-10H2,1-2H3,(H,18,19). The van der Waals surface area contributed by atoms with Crippen LogP contribution in [-0.4, -0.2) is 78.6 Å². The van der Waals surface area contributed by atoms with Crippen LogP contribution in [0.3, 0.4) is 0 Å². The summed E-state index contributed by atoms with van der Waals surface area (Å²) in [4.78, 5) is 29.1. The minimum absolute atomic E-state index is 0.0250. The van der Waals surface area contributed by atoms with Crippen LogP contribution >= 0.6 is 0 Å². The molecule has 20 heavy (non-hydrogen) atoms. The van der Waals surface area contributed by atoms with E-state index in [9.17, 15) is 9.59 Å². The van der Waals surface area contributed by atoms with Crippen LogP contribution in [0.2, 0.25) is 0 Å². The highest BCUT2D eigenvalue weighted by atomic mass is 16.4. The number of carboxylic acids is 1. The molecule has 0 spiro atoms. The van der Waals surface area contributed by atoms with Crippen molar-refractivity contribution in [1.29, 1.82) is 0 Å². The van der Waals surface area contributed by atoms with E-state index >= 15 is 0 Å². The van der Waals surface area contributed by atoms with Crippen molar-refractivity contribution in [3.63, 3.8) is 0 Å². The molecule has 0 aromatic heterocycles. The number of hydrogen-bond acceptors (Lipinski definition) is 3. The van der Waals surface area contributed by atoms with E-state index in [1.165, 1.54) is 0 Å². The van der Waals surface area contributed by atoms with Crippen molar-refractivity contribution in [3.8, 4) is 0 Å². The maximum atomic E-state index is 12.3. The van der Waals surface area contributed by atoms with E-state index in [1.807, 2.05) is 4.90 Å². The molecule has 0 aromatic carbocycles. The van der Waals surface area contributed by atoms with Crippen molar-refractivity contribution in [2.75, 3.05) is 46.8 Å². The molecular formula is C14H25N3O3. The van der Waals surface area contributed by atoms with E-state index in [4.69, 9.17) is 5.11 Å². The van der Waals surface area contributed by atoms with Crippen molar-refractivity contribution in [1.82, 2.24) is 14.7 Å². The van der Waals surface area contributed by atoms with Crippen LogP contribution in [0.15, 0.2) is 0 Å². The monoisotopic (exact) mass is 283 g/mol. The van der Waals surface area contributed by atoms with Gasteiger partial charge in [0.1, 0.15) is 0 Å². The van der Waals surface area contributed by atoms with Crippen LogP contribution in [0.25, 0.3) is 0 Å². The maximum absolute atomic E-state index is 12.3. The van der Waals surface area contributed by atoms with Gasteiger partial charge in [0.15, 0.2) is 0 Å². The highest BCUT2D eigenvalue weighted by Gasteiger charge is 2.34. The van der Waals surface area contributed by atoms with Gasteiger partial charge in [0.05, 0.1) is 5.92 Å². The Morgan fingerprint density at radius 2 is 1.70 bits per heavy atom. The molecule has 2 heterocycles. The van der Waals surface area contributed by atoms with Crippen molar-refractivity contribution in [3.05, 3.63) is 0 Å². The topological polar surface area (TPSA) is 64.1 Å². The Morgan fingerprint density at radius 3 is 2.20 bits per heavy atom. The zero-order chi connectivity index (χ0) is 14.7. The summed E-state index contributed by atoms with van der Waals surface area (Å²) in [5, 5.41) is 8.99. The van der Waals surface area contributed by atoms with Crippen LogP contribution in [0, 0.1) is 11.8 Å². The second kappa shape index (κ2) is 6.43. The third kappa shape index (κ3) is 3.62. The largest absolute Gasteiger partial charge is 0.481 e. The lowest BCUT2D eigenvalue weighted by Gasteiger charge is -2.35. The number of likely N-dealkylation sites (tertiary alicyclic amines) is 2. The normalized spacial score (nSPS) is 24.4. The van der Waals surface area contributed by atoms with Gasteiger partial charge in [0.2, 0.25) is 0 Å². The molecule has 0 saturated carbocycles. The first kappa shape index (κ1) is 15.1. The quantitative estimate of drug-likeness (QED) is 0.831. The van der Waals surface area contributed by atoms with Gasteiger partial charge in [0.25, 0.3) is 0 Å². The molecule has 6 nitrogen and oxygen atoms in total. The van der Waals surface area contributed by atoms with Crippen LogP contribution in [0.1, 0.15) is 19.3 Å². The molecule has 2 aliphatic rings. The van der Waals surface area contributed by atoms with Gasteiger partial charge in [-0.15, -0.1) is 0 Å². The molecular weight excluding hydrogens is 258 g/mol. The number of rotatable bonds is 3. The lowest BCUT2D eigenvalue weighted by Crippen LogP contribution is -2.47. The van der Waals surface area contributed by atoms with Crippen LogP contribution < -0.4 is 0 Å². The number of carbonyl (C=O) groups excluding carboxylic acids is 1. The summed E-state index contributed by atoms with van der Waals surface area (Å²) < 4.78 is 0. The number of urea groups is 1. The molecule has 2 saturated heterocycles. The van der Waals surface area contributed by atoms with Gasteiger partial charge in [0, 0.05) is 32.7 Å². The number of amides is 2. The van der Waals surface area contributed by atoms with Gasteiger partial charge in [-0.1, -0.05) is 0 Å². The summed E-state index contributed by atoms with van der Waals surface area (Å²) >= 11 is 0. The molecule has 0 bridgehead atoms. The predicted octanol–water partition coefficient (Wildman–Crippen LogP) is 0.786. The lowest BCUT2D eigenvalue weighted by molar-refractivity contribution is -0.141. The van der Waals surface area contributed by atoms with Crippen molar-refractivity contribution < 1.29 is 14.7 Å². The first-order valence-corrected chi connectivity index (χ1v) is 7.38. The van der Waals surface area contributed by atoms with E-state index in [0.717, 1.165) is 32.5 Å². The van der Waals surface area contributed by atoms with E-state index in [1.54, 1.807) is 4.90 Å². The smallest absolute Gasteiger partial charge is 0.320 e. The van der Waals surface area contributed by atoms with Gasteiger partial charge < -0.3 is 19.8 Å². The average molecular weight is 283 g/mol. The number of piperidine rings is 1. The average Bonchev–Trinajstić information content (AvgIpc) is 2.88. The lowest BCUT2D eigenvalue weighted by atomic mass is 9.96. The van der Waals surface area contributed by atoms with Crippen LogP contribution in [0.4, 0.5) is 4.79 Å². The molecule has 1 N–H and O–H groups in total. The molecule has 0 aliphatic carbocycles. The molecule has 2 amide bonds. The van der Waals surface area contributed by atoms with Crippen molar-refractivity contribution in [2.24, 2.45) is 11.8 Å². The third-order valence-electron chi connectivity index (χ3n) is 4.32. The first-order chi connectivity index (χ1) is 9.47. The Labute approximate surface area is 120 Å². The molecule has 2 aliphatic heterocycles. The van der Waals surface area contributed by atoms with Gasteiger partial charge in [-0.2, -0.15) is 0 Å². The summed E-state index contributed by atoms with van der Waals surface area (Å²) in [6.07, 6.45) is 2.67. The van der Waals surface area contributed by atoms with Gasteiger partial charge in [-0.25, -0.2) is 4.79 Å². The molecule has 1 unspecified atom stereocenters. The third-order valence-corrected chi connectivity index (χ3v) is 4.32. The molecule has 2 fully saturated rings. The summed E-state index contributed by atoms with van der Waals surface area (Å²) in [6, 6.07) is 0.0250. The maximum Gasteiger partial charge on any atom is 0.320 e. The Hall–Kier alpha value is -1.30. The molecule has 2 rings (SSSR count). The van der Waals surface area contributed by atoms with Crippen molar-refractivity contribution in [2.45, 2.75) is 19.3 Å². The van der Waals surface area contributed by atoms with Crippen LogP contribution in [0.5, 0.6) is 0 Å². The molecule has 114 valence electrons. The summed E-state index contributed by atoms with van der Waals surface area (Å²) in [7, 11) is 4.15. The number of aliphatic carboxylic acids is 1. The predicted molar refractivity (Wildman–Crippen MR) is 75.6 cm³/mol. The molecule has 0 radical (unpaired) electrons. The summed E-state index contributed by atoms with van der Waals surface area (Å²) in [6.45, 7) is 3.61. The van der Waals surface area contributed by atoms with E-state index in [0.29, 0.717) is 25.4 Å². The highest BCUT2D eigenvalue weighted by molar-refractivity contribution is 5.77. The van der Waals surface area contributed by atoms with Crippen LogP contribution in [-0.2, 0) is 4.79 Å². The van der Waals surface area contributed by atoms with E-state index < -0.39 is 5.97 Å². The van der Waals surface area contributed by atoms with E-state index in [-0.39, 0.29) is 11.9 Å². The Bertz CT molecular complexity index is 365. The Morgan fingerprint density at radius 1 is 1.10 bits per heavy atom. The second-order valence-corrected chi connectivity index (χ2v) is 6.25. The zero-order valence-electron chi connectivity index (χ0n) is 12.4. The number of nitrogens with zero attached hydrogens (tertiary/aromatic N) is 3. The fraction of sp³-hybridized carbons (Fsp3) is 0.857. The zero-order valence-corrected chi connectivity index (χ0v) is 12.4. The second-order valence-electron chi connectivity index (χ2n) is 6.25. The number of carboxylic acid groups (broad SMARTS) is 1. The fourth-order valence-corrected chi connectivity index (χ4v) is 3.16. The molecule has 0 aromatic rings. The minimum Gasteiger partial charge on any atom is -0.481 e. The van der Waals surface area contributed by atoms with E-state index in [2.05, 4.69) is 19.0 Å². The van der Waals surface area contributed by atoms with Crippen molar-refractivity contribution >= 4 is 12.0 Å². The minimum atomic E-state index is -0.787. The Kier molecular flexibility index (Phi) is 4.86. The number of hydrogen-bond donors (Lipinski definition) is 1. The summed E-state index contributed by atoms with van der Waals surface area (Å²) in [5.41, 5.74) is 0. The number of carbonyl (C=O) groups is 2. The fourth-order valence-electron chi connectivity index (χ4n) is 3.16. The first-order valence-electron chi connectivity index (χ1n) is 7.38. The van der Waals surface area contributed by atoms with Gasteiger partial charge in [-0.3, -0.25) is 4.79 Å².